The first-order valence-electron chi connectivity index (χ1n) is 4.41. The second kappa shape index (κ2) is 6.00. The van der Waals surface area contributed by atoms with Crippen LogP contribution in [0.5, 0.6) is 0 Å². The van der Waals surface area contributed by atoms with Crippen molar-refractivity contribution >= 4 is 29.3 Å². The molecule has 2 N–H and O–H groups in total. The number of thioether (sulfide) groups is 1. The average molecular weight is 246 g/mol. The zero-order valence-electron chi connectivity index (χ0n) is 8.29. The SMILES string of the molecule is CSc1ccc(Cl)c(C(=O)NCCO)c1. The summed E-state index contributed by atoms with van der Waals surface area (Å²) < 4.78 is 0. The van der Waals surface area contributed by atoms with Gasteiger partial charge < -0.3 is 10.4 Å². The normalized spacial score (nSPS) is 10.1. The van der Waals surface area contributed by atoms with E-state index in [1.807, 2.05) is 12.3 Å². The van der Waals surface area contributed by atoms with E-state index >= 15 is 0 Å². The Kier molecular flexibility index (Phi) is 4.94. The third-order valence-electron chi connectivity index (χ3n) is 1.82. The van der Waals surface area contributed by atoms with E-state index in [2.05, 4.69) is 5.32 Å². The number of rotatable bonds is 4. The Morgan fingerprint density at radius 1 is 1.60 bits per heavy atom. The number of aliphatic hydroxyl groups is 1. The van der Waals surface area contributed by atoms with Crippen LogP contribution in [0.25, 0.3) is 0 Å². The molecule has 0 heterocycles. The Hall–Kier alpha value is -0.710. The molecular weight excluding hydrogens is 234 g/mol. The summed E-state index contributed by atoms with van der Waals surface area (Å²) in [5, 5.41) is 11.6. The lowest BCUT2D eigenvalue weighted by molar-refractivity contribution is 0.0944. The Morgan fingerprint density at radius 2 is 2.33 bits per heavy atom. The number of hydrogen-bond acceptors (Lipinski definition) is 3. The van der Waals surface area contributed by atoms with E-state index in [0.717, 1.165) is 4.90 Å². The van der Waals surface area contributed by atoms with Gasteiger partial charge in [-0.2, -0.15) is 0 Å². The first kappa shape index (κ1) is 12.4. The monoisotopic (exact) mass is 245 g/mol. The fourth-order valence-corrected chi connectivity index (χ4v) is 1.71. The minimum Gasteiger partial charge on any atom is -0.395 e. The summed E-state index contributed by atoms with van der Waals surface area (Å²) in [7, 11) is 0. The maximum Gasteiger partial charge on any atom is 0.252 e. The summed E-state index contributed by atoms with van der Waals surface area (Å²) in [4.78, 5) is 12.6. The van der Waals surface area contributed by atoms with Crippen LogP contribution in [0.1, 0.15) is 10.4 Å². The number of halogens is 1. The predicted octanol–water partition coefficient (Wildman–Crippen LogP) is 1.78. The van der Waals surface area contributed by atoms with Gasteiger partial charge >= 0.3 is 0 Å². The quantitative estimate of drug-likeness (QED) is 0.796. The number of carbonyl (C=O) groups excluding carboxylic acids is 1. The number of aliphatic hydroxyl groups excluding tert-OH is 1. The van der Waals surface area contributed by atoms with Crippen molar-refractivity contribution in [3.05, 3.63) is 28.8 Å². The zero-order valence-corrected chi connectivity index (χ0v) is 9.86. The number of carbonyl (C=O) groups is 1. The van der Waals surface area contributed by atoms with Gasteiger partial charge in [0.05, 0.1) is 17.2 Å². The average Bonchev–Trinajstić information content (AvgIpc) is 2.26. The van der Waals surface area contributed by atoms with E-state index < -0.39 is 0 Å². The van der Waals surface area contributed by atoms with Crippen LogP contribution in [-0.2, 0) is 0 Å². The molecule has 0 unspecified atom stereocenters. The maximum absolute atomic E-state index is 11.6. The third-order valence-corrected chi connectivity index (χ3v) is 2.87. The summed E-state index contributed by atoms with van der Waals surface area (Å²) in [6.07, 6.45) is 1.93. The van der Waals surface area contributed by atoms with Gasteiger partial charge in [0, 0.05) is 11.4 Å². The van der Waals surface area contributed by atoms with E-state index in [9.17, 15) is 4.79 Å². The molecule has 0 bridgehead atoms. The molecule has 0 fully saturated rings. The predicted molar refractivity (Wildman–Crippen MR) is 62.7 cm³/mol. The highest BCUT2D eigenvalue weighted by atomic mass is 35.5. The van der Waals surface area contributed by atoms with Crippen molar-refractivity contribution < 1.29 is 9.90 Å². The van der Waals surface area contributed by atoms with Gasteiger partial charge in [-0.1, -0.05) is 11.6 Å². The lowest BCUT2D eigenvalue weighted by Gasteiger charge is -2.06. The molecular formula is C10H12ClNO2S. The number of benzene rings is 1. The van der Waals surface area contributed by atoms with Gasteiger partial charge in [0.25, 0.3) is 5.91 Å². The molecule has 0 spiro atoms. The molecule has 5 heteroatoms. The molecule has 0 aliphatic rings. The zero-order chi connectivity index (χ0) is 11.3. The molecule has 0 aromatic heterocycles. The van der Waals surface area contributed by atoms with Crippen molar-refractivity contribution in [2.45, 2.75) is 4.90 Å². The summed E-state index contributed by atoms with van der Waals surface area (Å²) in [6, 6.07) is 5.29. The summed E-state index contributed by atoms with van der Waals surface area (Å²) in [5.41, 5.74) is 0.442. The fraction of sp³-hybridized carbons (Fsp3) is 0.300. The van der Waals surface area contributed by atoms with Crippen LogP contribution in [0.15, 0.2) is 23.1 Å². The van der Waals surface area contributed by atoms with Gasteiger partial charge in [0.1, 0.15) is 0 Å². The number of amides is 1. The molecule has 3 nitrogen and oxygen atoms in total. The molecule has 1 rings (SSSR count). The minimum atomic E-state index is -0.259. The first-order chi connectivity index (χ1) is 7.19. The number of hydrogen-bond donors (Lipinski definition) is 2. The van der Waals surface area contributed by atoms with Crippen LogP contribution >= 0.6 is 23.4 Å². The second-order valence-corrected chi connectivity index (χ2v) is 4.11. The molecule has 0 saturated heterocycles. The van der Waals surface area contributed by atoms with Gasteiger partial charge in [-0.3, -0.25) is 4.79 Å². The van der Waals surface area contributed by atoms with Crippen molar-refractivity contribution in [3.8, 4) is 0 Å². The van der Waals surface area contributed by atoms with E-state index in [1.165, 1.54) is 0 Å². The standard InChI is InChI=1S/C10H12ClNO2S/c1-15-7-2-3-9(11)8(6-7)10(14)12-4-5-13/h2-3,6,13H,4-5H2,1H3,(H,12,14). The molecule has 0 aliphatic heterocycles. The van der Waals surface area contributed by atoms with Crippen LogP contribution in [0, 0.1) is 0 Å². The molecule has 1 amide bonds. The van der Waals surface area contributed by atoms with Crippen LogP contribution in [0.2, 0.25) is 5.02 Å². The van der Waals surface area contributed by atoms with E-state index in [4.69, 9.17) is 16.7 Å². The number of nitrogens with one attached hydrogen (secondary N) is 1. The first-order valence-corrected chi connectivity index (χ1v) is 6.02. The molecule has 15 heavy (non-hydrogen) atoms. The van der Waals surface area contributed by atoms with Crippen molar-refractivity contribution in [1.82, 2.24) is 5.32 Å². The van der Waals surface area contributed by atoms with Gasteiger partial charge in [0.15, 0.2) is 0 Å². The van der Waals surface area contributed by atoms with Crippen LogP contribution in [0.4, 0.5) is 0 Å². The Labute approximate surface area is 97.8 Å². The van der Waals surface area contributed by atoms with E-state index in [-0.39, 0.29) is 19.1 Å². The Bertz CT molecular complexity index is 357. The summed E-state index contributed by atoms with van der Waals surface area (Å²) >= 11 is 7.44. The summed E-state index contributed by atoms with van der Waals surface area (Å²) in [6.45, 7) is 0.157. The Morgan fingerprint density at radius 3 is 2.93 bits per heavy atom. The lowest BCUT2D eigenvalue weighted by Crippen LogP contribution is -2.26. The van der Waals surface area contributed by atoms with Crippen molar-refractivity contribution in [3.63, 3.8) is 0 Å². The highest BCUT2D eigenvalue weighted by molar-refractivity contribution is 7.98. The van der Waals surface area contributed by atoms with Gasteiger partial charge in [-0.15, -0.1) is 11.8 Å². The van der Waals surface area contributed by atoms with Crippen LogP contribution in [0.3, 0.4) is 0 Å². The van der Waals surface area contributed by atoms with Crippen molar-refractivity contribution in [1.29, 1.82) is 0 Å². The molecule has 0 aliphatic carbocycles. The lowest BCUT2D eigenvalue weighted by atomic mass is 10.2. The maximum atomic E-state index is 11.6. The van der Waals surface area contributed by atoms with Crippen LogP contribution < -0.4 is 5.32 Å². The van der Waals surface area contributed by atoms with Crippen molar-refractivity contribution in [2.75, 3.05) is 19.4 Å². The summed E-state index contributed by atoms with van der Waals surface area (Å²) in [5.74, 6) is -0.259. The largest absolute Gasteiger partial charge is 0.395 e. The van der Waals surface area contributed by atoms with Gasteiger partial charge in [-0.05, 0) is 24.5 Å². The molecule has 0 atom stereocenters. The second-order valence-electron chi connectivity index (χ2n) is 2.83. The highest BCUT2D eigenvalue weighted by Crippen LogP contribution is 2.22. The van der Waals surface area contributed by atoms with Gasteiger partial charge in [-0.25, -0.2) is 0 Å². The van der Waals surface area contributed by atoms with Crippen molar-refractivity contribution in [2.24, 2.45) is 0 Å². The molecule has 0 saturated carbocycles. The molecule has 1 aromatic rings. The van der Waals surface area contributed by atoms with E-state index in [0.29, 0.717) is 10.6 Å². The molecule has 0 radical (unpaired) electrons. The van der Waals surface area contributed by atoms with Crippen LogP contribution in [-0.4, -0.2) is 30.4 Å². The van der Waals surface area contributed by atoms with E-state index in [1.54, 1.807) is 23.9 Å². The molecule has 82 valence electrons. The smallest absolute Gasteiger partial charge is 0.252 e. The molecule has 1 aromatic carbocycles. The topological polar surface area (TPSA) is 49.3 Å². The minimum absolute atomic E-state index is 0.0778. The Balaban J connectivity index is 2.86. The highest BCUT2D eigenvalue weighted by Gasteiger charge is 2.10. The fourth-order valence-electron chi connectivity index (χ4n) is 1.07. The van der Waals surface area contributed by atoms with Gasteiger partial charge in [0.2, 0.25) is 0 Å². The third kappa shape index (κ3) is 3.41.